The Balaban J connectivity index is 1.78. The van der Waals surface area contributed by atoms with E-state index in [1.165, 1.54) is 12.3 Å². The lowest BCUT2D eigenvalue weighted by atomic mass is 10.1. The van der Waals surface area contributed by atoms with E-state index in [0.717, 1.165) is 30.2 Å². The first-order chi connectivity index (χ1) is 10.7. The summed E-state index contributed by atoms with van der Waals surface area (Å²) in [5, 5.41) is 0. The van der Waals surface area contributed by atoms with E-state index in [1.807, 2.05) is 18.2 Å². The molecule has 22 heavy (non-hydrogen) atoms. The van der Waals surface area contributed by atoms with Gasteiger partial charge in [0.05, 0.1) is 12.2 Å². The summed E-state index contributed by atoms with van der Waals surface area (Å²) in [5.41, 5.74) is 1.93. The van der Waals surface area contributed by atoms with Gasteiger partial charge in [0.1, 0.15) is 18.0 Å². The van der Waals surface area contributed by atoms with Crippen LogP contribution in [0.2, 0.25) is 0 Å². The summed E-state index contributed by atoms with van der Waals surface area (Å²) < 4.78 is 5.69. The second-order valence-electron chi connectivity index (χ2n) is 5.36. The number of hydrogen-bond acceptors (Lipinski definition) is 4. The number of carbonyl (C=O) groups excluding carboxylic acids is 1. The van der Waals surface area contributed by atoms with Crippen molar-refractivity contribution in [2.75, 3.05) is 36.0 Å². The minimum Gasteiger partial charge on any atom is -0.489 e. The molecule has 1 N–H and O–H groups in total. The molecule has 0 bridgehead atoms. The summed E-state index contributed by atoms with van der Waals surface area (Å²) in [6.07, 6.45) is 1.50. The molecule has 0 spiro atoms. The summed E-state index contributed by atoms with van der Waals surface area (Å²) >= 11 is 0. The molecule has 2 aliphatic heterocycles. The second kappa shape index (κ2) is 4.91. The molecule has 6 nitrogen and oxygen atoms in total. The minimum atomic E-state index is -0.275. The average molecular weight is 297 g/mol. The minimum absolute atomic E-state index is 0.162. The Morgan fingerprint density at radius 2 is 2.09 bits per heavy atom. The maximum atomic E-state index is 12.8. The monoisotopic (exact) mass is 297 g/mol. The fraction of sp³-hybridized carbons (Fsp3) is 0.250. The van der Waals surface area contributed by atoms with Crippen molar-refractivity contribution in [3.05, 3.63) is 52.4 Å². The summed E-state index contributed by atoms with van der Waals surface area (Å²) in [5.74, 6) is 0.650. The van der Waals surface area contributed by atoms with Gasteiger partial charge in [0.15, 0.2) is 0 Å². The lowest BCUT2D eigenvalue weighted by Gasteiger charge is -2.40. The summed E-state index contributed by atoms with van der Waals surface area (Å²) in [6, 6.07) is 8.70. The Morgan fingerprint density at radius 3 is 2.95 bits per heavy atom. The van der Waals surface area contributed by atoms with Crippen molar-refractivity contribution in [1.82, 2.24) is 4.98 Å². The number of nitrogens with zero attached hydrogens (tertiary/aromatic N) is 2. The SMILES string of the molecule is O=C(c1cc[nH]c(=O)c1)N1CCN2CCOc3cccc1c32. The molecule has 0 saturated carbocycles. The van der Waals surface area contributed by atoms with Gasteiger partial charge < -0.3 is 19.5 Å². The number of benzene rings is 1. The zero-order chi connectivity index (χ0) is 15.1. The number of hydrogen-bond donors (Lipinski definition) is 1. The van der Waals surface area contributed by atoms with Crippen molar-refractivity contribution in [2.45, 2.75) is 0 Å². The molecule has 3 heterocycles. The number of carbonyl (C=O) groups is 1. The third-order valence-electron chi connectivity index (χ3n) is 4.06. The first-order valence-electron chi connectivity index (χ1n) is 7.25. The van der Waals surface area contributed by atoms with Gasteiger partial charge in [-0.15, -0.1) is 0 Å². The number of rotatable bonds is 1. The van der Waals surface area contributed by atoms with Crippen LogP contribution < -0.4 is 20.1 Å². The number of nitrogens with one attached hydrogen (secondary N) is 1. The summed E-state index contributed by atoms with van der Waals surface area (Å²) in [7, 11) is 0. The van der Waals surface area contributed by atoms with Crippen molar-refractivity contribution < 1.29 is 9.53 Å². The second-order valence-corrected chi connectivity index (χ2v) is 5.36. The molecule has 1 amide bonds. The number of ether oxygens (including phenoxy) is 1. The summed E-state index contributed by atoms with van der Waals surface area (Å²) in [6.45, 7) is 2.86. The van der Waals surface area contributed by atoms with E-state index in [-0.39, 0.29) is 11.5 Å². The predicted molar refractivity (Wildman–Crippen MR) is 82.9 cm³/mol. The van der Waals surface area contributed by atoms with Gasteiger partial charge >= 0.3 is 0 Å². The van der Waals surface area contributed by atoms with Crippen molar-refractivity contribution in [3.8, 4) is 5.75 Å². The highest BCUT2D eigenvalue weighted by Crippen LogP contribution is 2.42. The molecule has 0 fully saturated rings. The van der Waals surface area contributed by atoms with E-state index in [1.54, 1.807) is 11.0 Å². The van der Waals surface area contributed by atoms with Gasteiger partial charge in [-0.2, -0.15) is 0 Å². The van der Waals surface area contributed by atoms with Crippen LogP contribution in [0.25, 0.3) is 0 Å². The van der Waals surface area contributed by atoms with E-state index in [9.17, 15) is 9.59 Å². The van der Waals surface area contributed by atoms with E-state index in [0.29, 0.717) is 18.7 Å². The highest BCUT2D eigenvalue weighted by atomic mass is 16.5. The molecule has 112 valence electrons. The smallest absolute Gasteiger partial charge is 0.258 e. The van der Waals surface area contributed by atoms with Gasteiger partial charge in [-0.3, -0.25) is 9.59 Å². The van der Waals surface area contributed by atoms with Crippen LogP contribution in [0.15, 0.2) is 41.3 Å². The highest BCUT2D eigenvalue weighted by Gasteiger charge is 2.31. The van der Waals surface area contributed by atoms with Crippen molar-refractivity contribution >= 4 is 17.3 Å². The molecule has 1 aromatic heterocycles. The molecule has 2 aliphatic rings. The van der Waals surface area contributed by atoms with Crippen LogP contribution in [-0.2, 0) is 0 Å². The molecular weight excluding hydrogens is 282 g/mol. The average Bonchev–Trinajstić information content (AvgIpc) is 2.55. The molecule has 0 saturated heterocycles. The normalized spacial score (nSPS) is 16.0. The molecule has 0 unspecified atom stereocenters. The Kier molecular flexibility index (Phi) is 2.89. The molecule has 1 aromatic carbocycles. The molecule has 6 heteroatoms. The van der Waals surface area contributed by atoms with Gasteiger partial charge in [-0.05, 0) is 18.2 Å². The third-order valence-corrected chi connectivity index (χ3v) is 4.06. The van der Waals surface area contributed by atoms with Gasteiger partial charge in [0, 0.05) is 30.9 Å². The molecule has 4 rings (SSSR count). The highest BCUT2D eigenvalue weighted by molar-refractivity contribution is 6.08. The zero-order valence-corrected chi connectivity index (χ0v) is 11.9. The van der Waals surface area contributed by atoms with Crippen LogP contribution in [0.1, 0.15) is 10.4 Å². The van der Waals surface area contributed by atoms with E-state index in [2.05, 4.69) is 9.88 Å². The topological polar surface area (TPSA) is 65.6 Å². The Hall–Kier alpha value is -2.76. The van der Waals surface area contributed by atoms with E-state index >= 15 is 0 Å². The van der Waals surface area contributed by atoms with Crippen molar-refractivity contribution in [1.29, 1.82) is 0 Å². The first kappa shape index (κ1) is 12.9. The standard InChI is InChI=1S/C16H15N3O3/c20-14-10-11(4-5-17-14)16(21)19-7-6-18-8-9-22-13-3-1-2-12(19)15(13)18/h1-5,10H,6-9H2,(H,17,20). The third kappa shape index (κ3) is 1.95. The Labute approximate surface area is 126 Å². The molecule has 0 aliphatic carbocycles. The molecule has 0 atom stereocenters. The maximum absolute atomic E-state index is 12.8. The number of anilines is 2. The molecule has 0 radical (unpaired) electrons. The van der Waals surface area contributed by atoms with Crippen LogP contribution in [-0.4, -0.2) is 37.1 Å². The summed E-state index contributed by atoms with van der Waals surface area (Å²) in [4.78, 5) is 30.7. The van der Waals surface area contributed by atoms with Crippen LogP contribution in [0.4, 0.5) is 11.4 Å². The number of pyridine rings is 1. The fourth-order valence-electron chi connectivity index (χ4n) is 3.05. The fourth-order valence-corrected chi connectivity index (χ4v) is 3.05. The lowest BCUT2D eigenvalue weighted by Crippen LogP contribution is -2.47. The van der Waals surface area contributed by atoms with Crippen LogP contribution >= 0.6 is 0 Å². The lowest BCUT2D eigenvalue weighted by molar-refractivity contribution is 0.0986. The number of H-pyrrole nitrogens is 1. The van der Waals surface area contributed by atoms with Crippen molar-refractivity contribution in [2.24, 2.45) is 0 Å². The number of para-hydroxylation sites is 1. The van der Waals surface area contributed by atoms with E-state index in [4.69, 9.17) is 4.74 Å². The maximum Gasteiger partial charge on any atom is 0.258 e. The van der Waals surface area contributed by atoms with Crippen molar-refractivity contribution in [3.63, 3.8) is 0 Å². The zero-order valence-electron chi connectivity index (χ0n) is 11.9. The van der Waals surface area contributed by atoms with Gasteiger partial charge in [0.2, 0.25) is 5.56 Å². The number of amides is 1. The Morgan fingerprint density at radius 1 is 1.18 bits per heavy atom. The van der Waals surface area contributed by atoms with Gasteiger partial charge in [-0.25, -0.2) is 0 Å². The first-order valence-corrected chi connectivity index (χ1v) is 7.25. The quantitative estimate of drug-likeness (QED) is 0.860. The van der Waals surface area contributed by atoms with Gasteiger partial charge in [0.25, 0.3) is 5.91 Å². The van der Waals surface area contributed by atoms with Crippen LogP contribution in [0, 0.1) is 0 Å². The van der Waals surface area contributed by atoms with Crippen LogP contribution in [0.5, 0.6) is 5.75 Å². The van der Waals surface area contributed by atoms with Crippen LogP contribution in [0.3, 0.4) is 0 Å². The predicted octanol–water partition coefficient (Wildman–Crippen LogP) is 1.23. The largest absolute Gasteiger partial charge is 0.489 e. The van der Waals surface area contributed by atoms with E-state index < -0.39 is 0 Å². The molecular formula is C16H15N3O3. The Bertz CT molecular complexity index is 799. The van der Waals surface area contributed by atoms with Gasteiger partial charge in [-0.1, -0.05) is 6.07 Å². The molecule has 2 aromatic rings. The number of aromatic nitrogens is 1. The number of aromatic amines is 1.